The maximum atomic E-state index is 12.5. The molecule has 1 saturated carbocycles. The summed E-state index contributed by atoms with van der Waals surface area (Å²) in [6, 6.07) is 0.502. The summed E-state index contributed by atoms with van der Waals surface area (Å²) in [4.78, 5) is 26.8. The zero-order chi connectivity index (χ0) is 13.3. The van der Waals surface area contributed by atoms with Crippen molar-refractivity contribution in [2.24, 2.45) is 0 Å². The number of carbonyl (C=O) groups is 2. The quantitative estimate of drug-likeness (QED) is 0.837. The highest BCUT2D eigenvalue weighted by Gasteiger charge is 2.39. The van der Waals surface area contributed by atoms with Crippen LogP contribution >= 0.6 is 0 Å². The monoisotopic (exact) mass is 254 g/mol. The molecule has 2 aliphatic rings. The molecule has 0 bridgehead atoms. The molecule has 0 unspecified atom stereocenters. The molecule has 1 aliphatic heterocycles. The number of nitrogens with zero attached hydrogens (tertiary/aromatic N) is 2. The van der Waals surface area contributed by atoms with Crippen molar-refractivity contribution in [1.29, 1.82) is 0 Å². The highest BCUT2D eigenvalue weighted by atomic mass is 16.4. The predicted octanol–water partition coefficient (Wildman–Crippen LogP) is 1.92. The number of hydrogen-bond acceptors (Lipinski definition) is 2. The van der Waals surface area contributed by atoms with E-state index in [0.29, 0.717) is 0 Å². The van der Waals surface area contributed by atoms with E-state index in [1.54, 1.807) is 4.90 Å². The smallest absolute Gasteiger partial charge is 0.323 e. The molecule has 2 atom stereocenters. The number of rotatable bonds is 3. The number of hydrogen-bond donors (Lipinski definition) is 1. The Labute approximate surface area is 108 Å². The summed E-state index contributed by atoms with van der Waals surface area (Å²) in [5, 5.41) is 8.93. The molecular weight excluding hydrogens is 232 g/mol. The zero-order valence-electron chi connectivity index (χ0n) is 11.1. The molecule has 1 aliphatic carbocycles. The van der Waals surface area contributed by atoms with E-state index in [1.807, 2.05) is 4.90 Å². The molecule has 0 radical (unpaired) electrons. The van der Waals surface area contributed by atoms with Crippen LogP contribution in [-0.2, 0) is 4.79 Å². The van der Waals surface area contributed by atoms with Gasteiger partial charge in [-0.25, -0.2) is 4.79 Å². The number of amides is 2. The lowest BCUT2D eigenvalue weighted by Gasteiger charge is -2.41. The van der Waals surface area contributed by atoms with Gasteiger partial charge in [0, 0.05) is 18.1 Å². The number of carboxylic acids is 1. The van der Waals surface area contributed by atoms with Crippen LogP contribution in [0.25, 0.3) is 0 Å². The van der Waals surface area contributed by atoms with Gasteiger partial charge in [0.1, 0.15) is 6.54 Å². The fourth-order valence-corrected chi connectivity index (χ4v) is 2.83. The molecule has 2 amide bonds. The summed E-state index contributed by atoms with van der Waals surface area (Å²) >= 11 is 0. The third-order valence-electron chi connectivity index (χ3n) is 3.95. The van der Waals surface area contributed by atoms with E-state index in [9.17, 15) is 9.59 Å². The predicted molar refractivity (Wildman–Crippen MR) is 67.4 cm³/mol. The Kier molecular flexibility index (Phi) is 3.78. The number of likely N-dealkylation sites (tertiary alicyclic amines) is 1. The van der Waals surface area contributed by atoms with Gasteiger partial charge >= 0.3 is 12.0 Å². The van der Waals surface area contributed by atoms with E-state index in [2.05, 4.69) is 13.8 Å². The van der Waals surface area contributed by atoms with Crippen LogP contribution in [0.5, 0.6) is 0 Å². The molecule has 2 fully saturated rings. The fraction of sp³-hybridized carbons (Fsp3) is 0.846. The second-order valence-electron chi connectivity index (χ2n) is 5.57. The maximum absolute atomic E-state index is 12.5. The largest absolute Gasteiger partial charge is 0.480 e. The van der Waals surface area contributed by atoms with Crippen molar-refractivity contribution >= 4 is 12.0 Å². The van der Waals surface area contributed by atoms with Crippen molar-refractivity contribution in [3.05, 3.63) is 0 Å². The molecule has 0 aromatic rings. The summed E-state index contributed by atoms with van der Waals surface area (Å²) in [5.41, 5.74) is 0. The Morgan fingerprint density at radius 1 is 1.17 bits per heavy atom. The Hall–Kier alpha value is -1.26. The highest BCUT2D eigenvalue weighted by Crippen LogP contribution is 2.30. The molecule has 0 spiro atoms. The number of aliphatic carboxylic acids is 1. The molecule has 0 aromatic carbocycles. The lowest BCUT2D eigenvalue weighted by Crippen LogP contribution is -2.54. The minimum Gasteiger partial charge on any atom is -0.480 e. The molecule has 1 N–H and O–H groups in total. The van der Waals surface area contributed by atoms with Crippen LogP contribution in [0.3, 0.4) is 0 Å². The number of piperidine rings is 1. The first kappa shape index (κ1) is 13.2. The van der Waals surface area contributed by atoms with E-state index < -0.39 is 5.97 Å². The summed E-state index contributed by atoms with van der Waals surface area (Å²) in [5.74, 6) is -0.924. The van der Waals surface area contributed by atoms with Crippen LogP contribution in [0.1, 0.15) is 46.0 Å². The third kappa shape index (κ3) is 2.76. The zero-order valence-corrected chi connectivity index (χ0v) is 11.1. The third-order valence-corrected chi connectivity index (χ3v) is 3.95. The Balaban J connectivity index is 2.08. The SMILES string of the molecule is C[C@@H]1CCC[C@H](C)N1C(=O)N(CC(=O)O)C1CC1. The van der Waals surface area contributed by atoms with Crippen molar-refractivity contribution in [2.45, 2.75) is 64.1 Å². The van der Waals surface area contributed by atoms with Crippen LogP contribution < -0.4 is 0 Å². The molecule has 2 rings (SSSR count). The summed E-state index contributed by atoms with van der Waals surface area (Å²) in [6.07, 6.45) is 5.06. The highest BCUT2D eigenvalue weighted by molar-refractivity contribution is 5.81. The molecule has 0 aromatic heterocycles. The first-order valence-electron chi connectivity index (χ1n) is 6.81. The minimum absolute atomic E-state index is 0.0837. The van der Waals surface area contributed by atoms with E-state index in [1.165, 1.54) is 0 Å². The van der Waals surface area contributed by atoms with Gasteiger partial charge in [0.15, 0.2) is 0 Å². The first-order valence-corrected chi connectivity index (χ1v) is 6.81. The molecule has 1 saturated heterocycles. The van der Waals surface area contributed by atoms with Gasteiger partial charge in [-0.1, -0.05) is 0 Å². The fourth-order valence-electron chi connectivity index (χ4n) is 2.83. The lowest BCUT2D eigenvalue weighted by molar-refractivity contribution is -0.138. The number of carbonyl (C=O) groups excluding carboxylic acids is 1. The standard InChI is InChI=1S/C13H22N2O3/c1-9-4-3-5-10(2)15(9)13(18)14(8-12(16)17)11-6-7-11/h9-11H,3-8H2,1-2H3,(H,16,17)/t9-,10+. The van der Waals surface area contributed by atoms with Crippen LogP contribution in [0.2, 0.25) is 0 Å². The maximum Gasteiger partial charge on any atom is 0.323 e. The van der Waals surface area contributed by atoms with Crippen molar-refractivity contribution in [3.8, 4) is 0 Å². The second-order valence-corrected chi connectivity index (χ2v) is 5.57. The van der Waals surface area contributed by atoms with E-state index in [0.717, 1.165) is 32.1 Å². The van der Waals surface area contributed by atoms with Crippen molar-refractivity contribution in [3.63, 3.8) is 0 Å². The summed E-state index contributed by atoms with van der Waals surface area (Å²) in [7, 11) is 0. The molecule has 5 heteroatoms. The van der Waals surface area contributed by atoms with Crippen molar-refractivity contribution < 1.29 is 14.7 Å². The summed E-state index contributed by atoms with van der Waals surface area (Å²) < 4.78 is 0. The van der Waals surface area contributed by atoms with E-state index in [-0.39, 0.29) is 30.7 Å². The Morgan fingerprint density at radius 2 is 1.72 bits per heavy atom. The Bertz CT molecular complexity index is 331. The second kappa shape index (κ2) is 5.16. The van der Waals surface area contributed by atoms with Crippen LogP contribution in [0.4, 0.5) is 4.79 Å². The van der Waals surface area contributed by atoms with E-state index in [4.69, 9.17) is 5.11 Å². The van der Waals surface area contributed by atoms with Gasteiger partial charge < -0.3 is 14.9 Å². The van der Waals surface area contributed by atoms with Crippen molar-refractivity contribution in [2.75, 3.05) is 6.54 Å². The average Bonchev–Trinajstić information content (AvgIpc) is 3.09. The van der Waals surface area contributed by atoms with Gasteiger partial charge in [-0.2, -0.15) is 0 Å². The minimum atomic E-state index is -0.924. The van der Waals surface area contributed by atoms with Gasteiger partial charge in [0.05, 0.1) is 0 Å². The Morgan fingerprint density at radius 3 is 2.17 bits per heavy atom. The lowest BCUT2D eigenvalue weighted by atomic mass is 9.98. The normalized spacial score (nSPS) is 28.0. The van der Waals surface area contributed by atoms with Crippen LogP contribution in [0.15, 0.2) is 0 Å². The van der Waals surface area contributed by atoms with Crippen LogP contribution in [0, 0.1) is 0 Å². The first-order chi connectivity index (χ1) is 8.50. The van der Waals surface area contributed by atoms with Gasteiger partial charge in [-0.15, -0.1) is 0 Å². The van der Waals surface area contributed by atoms with Crippen molar-refractivity contribution in [1.82, 2.24) is 9.80 Å². The van der Waals surface area contributed by atoms with Crippen LogP contribution in [-0.4, -0.2) is 51.6 Å². The number of urea groups is 1. The van der Waals surface area contributed by atoms with Gasteiger partial charge in [0.2, 0.25) is 0 Å². The summed E-state index contributed by atoms with van der Waals surface area (Å²) in [6.45, 7) is 3.94. The molecule has 5 nitrogen and oxygen atoms in total. The topological polar surface area (TPSA) is 60.9 Å². The molecular formula is C13H22N2O3. The van der Waals surface area contributed by atoms with Gasteiger partial charge in [0.25, 0.3) is 0 Å². The van der Waals surface area contributed by atoms with E-state index >= 15 is 0 Å². The van der Waals surface area contributed by atoms with Gasteiger partial charge in [-0.3, -0.25) is 4.79 Å². The molecule has 18 heavy (non-hydrogen) atoms. The number of carboxylic acid groups (broad SMARTS) is 1. The average molecular weight is 254 g/mol. The van der Waals surface area contributed by atoms with Gasteiger partial charge in [-0.05, 0) is 46.0 Å². The molecule has 102 valence electrons. The molecule has 1 heterocycles.